The minimum absolute atomic E-state index is 0.110. The number of pyridine rings is 1. The molecule has 0 aliphatic heterocycles. The van der Waals surface area contributed by atoms with E-state index in [0.29, 0.717) is 4.88 Å². The number of benzene rings is 1. The molecule has 34 heavy (non-hydrogen) atoms. The molecule has 0 fully saturated rings. The standard InChI is InChI=1S/C13H13NO2S.C12H12N2O2S/c1-7-4-5-10(6-8(7)2)12-11(13(15)16)14-9(3)17-12;1-3-9-5-4-8(6-13-9)11-10(12(15)16)14-7(2)17-11/h4-6H,1-3H3,(H,15,16);4-6H,3H2,1-2H3,(H,15,16). The molecule has 1 aromatic carbocycles. The molecule has 0 saturated heterocycles. The van der Waals surface area contributed by atoms with Gasteiger partial charge in [-0.25, -0.2) is 19.6 Å². The Kier molecular flexibility index (Phi) is 7.90. The number of thiazole rings is 2. The highest BCUT2D eigenvalue weighted by atomic mass is 32.1. The third-order valence-electron chi connectivity index (χ3n) is 5.09. The Labute approximate surface area is 205 Å². The zero-order chi connectivity index (χ0) is 25.0. The first kappa shape index (κ1) is 25.2. The van der Waals surface area contributed by atoms with Gasteiger partial charge >= 0.3 is 11.9 Å². The molecular formula is C25H25N3O4S2. The fourth-order valence-corrected chi connectivity index (χ4v) is 4.99. The number of carbonyl (C=O) groups is 2. The van der Waals surface area contributed by atoms with Crippen LogP contribution >= 0.6 is 22.7 Å². The summed E-state index contributed by atoms with van der Waals surface area (Å²) in [6.07, 6.45) is 2.58. The molecule has 0 aliphatic rings. The summed E-state index contributed by atoms with van der Waals surface area (Å²) < 4.78 is 0. The molecule has 0 bridgehead atoms. The molecule has 0 unspecified atom stereocenters. The molecule has 3 aromatic heterocycles. The second-order valence-corrected chi connectivity index (χ2v) is 10.0. The molecule has 7 nitrogen and oxygen atoms in total. The second-order valence-electron chi connectivity index (χ2n) is 7.62. The van der Waals surface area contributed by atoms with Crippen LogP contribution in [0.1, 0.15) is 54.7 Å². The summed E-state index contributed by atoms with van der Waals surface area (Å²) in [7, 11) is 0. The maximum atomic E-state index is 11.1. The molecule has 0 radical (unpaired) electrons. The van der Waals surface area contributed by atoms with E-state index >= 15 is 0 Å². The lowest BCUT2D eigenvalue weighted by atomic mass is 10.0. The second kappa shape index (κ2) is 10.7. The molecule has 0 spiro atoms. The summed E-state index contributed by atoms with van der Waals surface area (Å²) >= 11 is 2.80. The van der Waals surface area contributed by atoms with Gasteiger partial charge in [-0.2, -0.15) is 0 Å². The number of aromatic nitrogens is 3. The normalized spacial score (nSPS) is 10.5. The maximum Gasteiger partial charge on any atom is 0.356 e. The van der Waals surface area contributed by atoms with Crippen LogP contribution in [0.2, 0.25) is 0 Å². The van der Waals surface area contributed by atoms with E-state index in [2.05, 4.69) is 15.0 Å². The Hall–Kier alpha value is -3.43. The van der Waals surface area contributed by atoms with Crippen molar-refractivity contribution in [2.24, 2.45) is 0 Å². The van der Waals surface area contributed by atoms with Crippen molar-refractivity contribution in [3.8, 4) is 20.9 Å². The van der Waals surface area contributed by atoms with Gasteiger partial charge in [0.15, 0.2) is 11.4 Å². The summed E-state index contributed by atoms with van der Waals surface area (Å²) in [6.45, 7) is 9.71. The Balaban J connectivity index is 0.000000191. The van der Waals surface area contributed by atoms with Gasteiger partial charge in [-0.15, -0.1) is 22.7 Å². The van der Waals surface area contributed by atoms with E-state index in [1.54, 1.807) is 13.1 Å². The van der Waals surface area contributed by atoms with Crippen molar-refractivity contribution in [2.75, 3.05) is 0 Å². The minimum atomic E-state index is -0.996. The van der Waals surface area contributed by atoms with Crippen LogP contribution in [0.25, 0.3) is 20.9 Å². The van der Waals surface area contributed by atoms with E-state index in [-0.39, 0.29) is 11.4 Å². The van der Waals surface area contributed by atoms with Gasteiger partial charge in [0.05, 0.1) is 19.8 Å². The predicted octanol–water partition coefficient (Wildman–Crippen LogP) is 6.21. The van der Waals surface area contributed by atoms with Crippen molar-refractivity contribution in [3.05, 3.63) is 74.8 Å². The maximum absolute atomic E-state index is 11.1. The van der Waals surface area contributed by atoms with Crippen LogP contribution in [0.3, 0.4) is 0 Å². The van der Waals surface area contributed by atoms with Crippen molar-refractivity contribution in [3.63, 3.8) is 0 Å². The summed E-state index contributed by atoms with van der Waals surface area (Å²) in [5, 5.41) is 19.7. The van der Waals surface area contributed by atoms with Gasteiger partial charge in [-0.1, -0.05) is 31.2 Å². The van der Waals surface area contributed by atoms with E-state index in [1.165, 1.54) is 28.2 Å². The van der Waals surface area contributed by atoms with Gasteiger partial charge in [0.2, 0.25) is 0 Å². The molecule has 0 amide bonds. The highest BCUT2D eigenvalue weighted by molar-refractivity contribution is 7.15. The summed E-state index contributed by atoms with van der Waals surface area (Å²) in [5.74, 6) is -1.97. The third kappa shape index (κ3) is 5.73. The highest BCUT2D eigenvalue weighted by Gasteiger charge is 2.18. The molecule has 2 N–H and O–H groups in total. The van der Waals surface area contributed by atoms with Crippen LogP contribution < -0.4 is 0 Å². The Morgan fingerprint density at radius 3 is 1.76 bits per heavy atom. The number of aryl methyl sites for hydroxylation is 5. The minimum Gasteiger partial charge on any atom is -0.476 e. The lowest BCUT2D eigenvalue weighted by molar-refractivity contribution is 0.0681. The van der Waals surface area contributed by atoms with Crippen LogP contribution in [0, 0.1) is 27.7 Å². The number of nitrogens with zero attached hydrogens (tertiary/aromatic N) is 3. The number of aromatic carboxylic acids is 2. The number of hydrogen-bond acceptors (Lipinski definition) is 7. The largest absolute Gasteiger partial charge is 0.476 e. The van der Waals surface area contributed by atoms with E-state index in [1.807, 2.05) is 58.0 Å². The van der Waals surface area contributed by atoms with Crippen molar-refractivity contribution in [1.29, 1.82) is 0 Å². The van der Waals surface area contributed by atoms with E-state index in [9.17, 15) is 9.59 Å². The lowest BCUT2D eigenvalue weighted by Gasteiger charge is -2.03. The molecule has 4 aromatic rings. The van der Waals surface area contributed by atoms with E-state index in [4.69, 9.17) is 10.2 Å². The molecular weight excluding hydrogens is 470 g/mol. The van der Waals surface area contributed by atoms with Gasteiger partial charge in [-0.3, -0.25) is 4.98 Å². The van der Waals surface area contributed by atoms with Gasteiger partial charge in [0.1, 0.15) is 0 Å². The monoisotopic (exact) mass is 495 g/mol. The first-order chi connectivity index (χ1) is 16.1. The number of carboxylic acid groups (broad SMARTS) is 2. The van der Waals surface area contributed by atoms with Gasteiger partial charge < -0.3 is 10.2 Å². The van der Waals surface area contributed by atoms with Crippen LogP contribution in [0.5, 0.6) is 0 Å². The lowest BCUT2D eigenvalue weighted by Crippen LogP contribution is -1.99. The SMILES string of the molecule is CCc1ccc(-c2sc(C)nc2C(=O)O)cn1.Cc1nc(C(=O)O)c(-c2ccc(C)c(C)c2)s1. The Bertz CT molecular complexity index is 1340. The summed E-state index contributed by atoms with van der Waals surface area (Å²) in [4.78, 5) is 35.9. The molecule has 0 aliphatic carbocycles. The van der Waals surface area contributed by atoms with Crippen LogP contribution in [-0.4, -0.2) is 37.1 Å². The topological polar surface area (TPSA) is 113 Å². The number of hydrogen-bond donors (Lipinski definition) is 2. The summed E-state index contributed by atoms with van der Waals surface area (Å²) in [5.41, 5.74) is 5.35. The average molecular weight is 496 g/mol. The first-order valence-electron chi connectivity index (χ1n) is 10.5. The average Bonchev–Trinajstić information content (AvgIpc) is 3.39. The predicted molar refractivity (Wildman–Crippen MR) is 135 cm³/mol. The van der Waals surface area contributed by atoms with E-state index < -0.39 is 11.9 Å². The molecule has 3 heterocycles. The Morgan fingerprint density at radius 1 is 0.794 bits per heavy atom. The van der Waals surface area contributed by atoms with Gasteiger partial charge in [0, 0.05) is 17.5 Å². The van der Waals surface area contributed by atoms with Crippen molar-refractivity contribution in [2.45, 2.75) is 41.0 Å². The fourth-order valence-electron chi connectivity index (χ4n) is 3.19. The molecule has 4 rings (SSSR count). The van der Waals surface area contributed by atoms with Gasteiger partial charge in [0.25, 0.3) is 0 Å². The molecule has 9 heteroatoms. The van der Waals surface area contributed by atoms with Crippen molar-refractivity contribution >= 4 is 34.6 Å². The number of rotatable bonds is 5. The zero-order valence-corrected chi connectivity index (χ0v) is 21.2. The zero-order valence-electron chi connectivity index (χ0n) is 19.5. The molecule has 0 atom stereocenters. The van der Waals surface area contributed by atoms with E-state index in [0.717, 1.165) is 43.7 Å². The number of carboxylic acids is 2. The van der Waals surface area contributed by atoms with Crippen molar-refractivity contribution in [1.82, 2.24) is 15.0 Å². The quantitative estimate of drug-likeness (QED) is 0.338. The molecule has 0 saturated carbocycles. The van der Waals surface area contributed by atoms with Crippen LogP contribution in [0.4, 0.5) is 0 Å². The third-order valence-corrected chi connectivity index (χ3v) is 7.13. The van der Waals surface area contributed by atoms with Gasteiger partial charge in [-0.05, 0) is 56.9 Å². The van der Waals surface area contributed by atoms with Crippen molar-refractivity contribution < 1.29 is 19.8 Å². The molecule has 176 valence electrons. The Morgan fingerprint density at radius 2 is 1.32 bits per heavy atom. The summed E-state index contributed by atoms with van der Waals surface area (Å²) in [6, 6.07) is 9.77. The van der Waals surface area contributed by atoms with Crippen LogP contribution in [-0.2, 0) is 6.42 Å². The first-order valence-corrected chi connectivity index (χ1v) is 12.2. The van der Waals surface area contributed by atoms with Crippen LogP contribution in [0.15, 0.2) is 36.5 Å². The fraction of sp³-hybridized carbons (Fsp3) is 0.240. The highest BCUT2D eigenvalue weighted by Crippen LogP contribution is 2.31. The smallest absolute Gasteiger partial charge is 0.356 e.